The number of benzene rings is 1. The van der Waals surface area contributed by atoms with Gasteiger partial charge in [0.05, 0.1) is 6.54 Å². The van der Waals surface area contributed by atoms with E-state index in [0.717, 1.165) is 38.3 Å². The van der Waals surface area contributed by atoms with E-state index in [1.165, 1.54) is 12.1 Å². The van der Waals surface area contributed by atoms with Crippen molar-refractivity contribution in [2.24, 2.45) is 0 Å². The van der Waals surface area contributed by atoms with Gasteiger partial charge >= 0.3 is 0 Å². The number of hydrogen-bond donors (Lipinski definition) is 0. The first-order valence-electron chi connectivity index (χ1n) is 7.17. The third-order valence-electron chi connectivity index (χ3n) is 3.70. The molecule has 20 heavy (non-hydrogen) atoms. The summed E-state index contributed by atoms with van der Waals surface area (Å²) in [4.78, 5) is 4.88. The molecule has 2 rings (SSSR count). The van der Waals surface area contributed by atoms with Gasteiger partial charge in [-0.2, -0.15) is 0 Å². The molecule has 1 saturated heterocycles. The summed E-state index contributed by atoms with van der Waals surface area (Å²) in [5.74, 6) is 6.05. The van der Waals surface area contributed by atoms with Crippen molar-refractivity contribution in [3.8, 4) is 11.8 Å². The molecule has 1 aliphatic rings. The van der Waals surface area contributed by atoms with Crippen LogP contribution in [0.3, 0.4) is 0 Å². The number of nitrogens with zero attached hydrogens (tertiary/aromatic N) is 2. The zero-order valence-electron chi connectivity index (χ0n) is 12.6. The monoisotopic (exact) mass is 274 g/mol. The fourth-order valence-corrected chi connectivity index (χ4v) is 2.36. The molecule has 2 nitrogen and oxygen atoms in total. The normalized spacial score (nSPS) is 17.6. The van der Waals surface area contributed by atoms with Crippen molar-refractivity contribution in [3.05, 3.63) is 35.6 Å². The second-order valence-electron chi connectivity index (χ2n) is 6.24. The lowest BCUT2D eigenvalue weighted by Crippen LogP contribution is -2.53. The molecule has 108 valence electrons. The van der Waals surface area contributed by atoms with Crippen molar-refractivity contribution in [2.45, 2.75) is 26.3 Å². The standard InChI is InChI=1S/C17H23FN2/c1-17(2,3)20-13-11-19(12-14-20)10-4-5-15-6-8-16(18)9-7-15/h6-9H,10-14H2,1-3H3. The van der Waals surface area contributed by atoms with Crippen LogP contribution in [0.1, 0.15) is 26.3 Å². The number of halogens is 1. The van der Waals surface area contributed by atoms with E-state index in [0.29, 0.717) is 0 Å². The summed E-state index contributed by atoms with van der Waals surface area (Å²) in [5.41, 5.74) is 1.13. The van der Waals surface area contributed by atoms with E-state index < -0.39 is 0 Å². The highest BCUT2D eigenvalue weighted by molar-refractivity contribution is 5.34. The van der Waals surface area contributed by atoms with Crippen LogP contribution in [-0.2, 0) is 0 Å². The highest BCUT2D eigenvalue weighted by Crippen LogP contribution is 2.15. The molecule has 0 amide bonds. The van der Waals surface area contributed by atoms with Crippen LogP contribution < -0.4 is 0 Å². The van der Waals surface area contributed by atoms with Gasteiger partial charge in [-0.1, -0.05) is 11.8 Å². The average Bonchev–Trinajstić information content (AvgIpc) is 2.41. The van der Waals surface area contributed by atoms with Crippen LogP contribution in [0, 0.1) is 17.7 Å². The van der Waals surface area contributed by atoms with Crippen molar-refractivity contribution in [2.75, 3.05) is 32.7 Å². The maximum Gasteiger partial charge on any atom is 0.123 e. The third-order valence-corrected chi connectivity index (χ3v) is 3.70. The molecule has 0 aliphatic carbocycles. The van der Waals surface area contributed by atoms with Gasteiger partial charge in [-0.05, 0) is 45.0 Å². The Hall–Kier alpha value is -1.37. The summed E-state index contributed by atoms with van der Waals surface area (Å²) in [7, 11) is 0. The molecule has 1 heterocycles. The summed E-state index contributed by atoms with van der Waals surface area (Å²) in [6.45, 7) is 11.9. The lowest BCUT2D eigenvalue weighted by molar-refractivity contribution is 0.0683. The van der Waals surface area contributed by atoms with Crippen LogP contribution in [0.25, 0.3) is 0 Å². The molecular weight excluding hydrogens is 251 g/mol. The van der Waals surface area contributed by atoms with Crippen LogP contribution in [0.15, 0.2) is 24.3 Å². The second-order valence-corrected chi connectivity index (χ2v) is 6.24. The minimum Gasteiger partial charge on any atom is -0.296 e. The summed E-state index contributed by atoms with van der Waals surface area (Å²) in [5, 5.41) is 0. The van der Waals surface area contributed by atoms with Gasteiger partial charge < -0.3 is 0 Å². The van der Waals surface area contributed by atoms with Crippen LogP contribution in [0.5, 0.6) is 0 Å². The maximum atomic E-state index is 12.8. The molecule has 0 unspecified atom stereocenters. The van der Waals surface area contributed by atoms with Gasteiger partial charge in [0.1, 0.15) is 5.82 Å². The lowest BCUT2D eigenvalue weighted by atomic mass is 10.1. The van der Waals surface area contributed by atoms with Crippen LogP contribution in [0.2, 0.25) is 0 Å². The first-order valence-corrected chi connectivity index (χ1v) is 7.17. The minimum absolute atomic E-state index is 0.214. The van der Waals surface area contributed by atoms with Crippen molar-refractivity contribution < 1.29 is 4.39 Å². The first-order chi connectivity index (χ1) is 9.45. The Morgan fingerprint density at radius 3 is 2.20 bits per heavy atom. The van der Waals surface area contributed by atoms with Crippen molar-refractivity contribution in [1.29, 1.82) is 0 Å². The Bertz CT molecular complexity index is 482. The Morgan fingerprint density at radius 2 is 1.65 bits per heavy atom. The van der Waals surface area contributed by atoms with E-state index in [4.69, 9.17) is 0 Å². The minimum atomic E-state index is -0.214. The van der Waals surface area contributed by atoms with E-state index >= 15 is 0 Å². The molecule has 0 spiro atoms. The predicted octanol–water partition coefficient (Wildman–Crippen LogP) is 2.59. The van der Waals surface area contributed by atoms with Gasteiger partial charge in [0.15, 0.2) is 0 Å². The summed E-state index contributed by atoms with van der Waals surface area (Å²) < 4.78 is 12.8. The lowest BCUT2D eigenvalue weighted by Gasteiger charge is -2.41. The molecular formula is C17H23FN2. The second kappa shape index (κ2) is 6.39. The molecule has 3 heteroatoms. The zero-order chi connectivity index (χ0) is 14.6. The Labute approximate surface area is 121 Å². The van der Waals surface area contributed by atoms with Gasteiger partial charge in [-0.15, -0.1) is 0 Å². The predicted molar refractivity (Wildman–Crippen MR) is 81.0 cm³/mol. The Morgan fingerprint density at radius 1 is 1.05 bits per heavy atom. The van der Waals surface area contributed by atoms with Crippen molar-refractivity contribution in [1.82, 2.24) is 9.80 Å². The highest BCUT2D eigenvalue weighted by Gasteiger charge is 2.25. The maximum absolute atomic E-state index is 12.8. The van der Waals surface area contributed by atoms with E-state index in [1.54, 1.807) is 12.1 Å². The Kier molecular flexibility index (Phi) is 4.80. The van der Waals surface area contributed by atoms with Crippen LogP contribution in [-0.4, -0.2) is 48.1 Å². The third kappa shape index (κ3) is 4.33. The quantitative estimate of drug-likeness (QED) is 0.726. The molecule has 0 bridgehead atoms. The fourth-order valence-electron chi connectivity index (χ4n) is 2.36. The Balaban J connectivity index is 1.81. The first kappa shape index (κ1) is 15.0. The van der Waals surface area contributed by atoms with Gasteiger partial charge in [-0.25, -0.2) is 4.39 Å². The van der Waals surface area contributed by atoms with Gasteiger partial charge in [0.25, 0.3) is 0 Å². The molecule has 0 aromatic heterocycles. The molecule has 0 radical (unpaired) electrons. The molecule has 1 aliphatic heterocycles. The SMILES string of the molecule is CC(C)(C)N1CCN(CC#Cc2ccc(F)cc2)CC1. The zero-order valence-corrected chi connectivity index (χ0v) is 12.6. The molecule has 1 aromatic carbocycles. The number of piperazine rings is 1. The molecule has 0 N–H and O–H groups in total. The highest BCUT2D eigenvalue weighted by atomic mass is 19.1. The van der Waals surface area contributed by atoms with Gasteiger partial charge in [-0.3, -0.25) is 9.80 Å². The van der Waals surface area contributed by atoms with E-state index in [1.807, 2.05) is 0 Å². The molecule has 1 aromatic rings. The summed E-state index contributed by atoms with van der Waals surface area (Å²) in [6.07, 6.45) is 0. The van der Waals surface area contributed by atoms with Crippen molar-refractivity contribution in [3.63, 3.8) is 0 Å². The molecule has 0 atom stereocenters. The topological polar surface area (TPSA) is 6.48 Å². The largest absolute Gasteiger partial charge is 0.296 e. The molecule has 1 fully saturated rings. The summed E-state index contributed by atoms with van der Waals surface area (Å²) >= 11 is 0. The average molecular weight is 274 g/mol. The van der Waals surface area contributed by atoms with Crippen molar-refractivity contribution >= 4 is 0 Å². The number of rotatable bonds is 1. The van der Waals surface area contributed by atoms with Gasteiger partial charge in [0.2, 0.25) is 0 Å². The van der Waals surface area contributed by atoms with E-state index in [-0.39, 0.29) is 11.4 Å². The fraction of sp³-hybridized carbons (Fsp3) is 0.529. The van der Waals surface area contributed by atoms with E-state index in [9.17, 15) is 4.39 Å². The smallest absolute Gasteiger partial charge is 0.123 e. The molecule has 0 saturated carbocycles. The van der Waals surface area contributed by atoms with Crippen LogP contribution in [0.4, 0.5) is 4.39 Å². The summed E-state index contributed by atoms with van der Waals surface area (Å²) in [6, 6.07) is 6.35. The van der Waals surface area contributed by atoms with Gasteiger partial charge in [0, 0.05) is 37.3 Å². The van der Waals surface area contributed by atoms with E-state index in [2.05, 4.69) is 42.4 Å². The van der Waals surface area contributed by atoms with Crippen LogP contribution >= 0.6 is 0 Å². The number of hydrogen-bond acceptors (Lipinski definition) is 2.